The van der Waals surface area contributed by atoms with E-state index in [2.05, 4.69) is 70.0 Å². The largest absolute Gasteiger partial charge is 0.498 e. The van der Waals surface area contributed by atoms with Gasteiger partial charge in [0.1, 0.15) is 12.4 Å². The molecular formula is C36H54N4O4. The van der Waals surface area contributed by atoms with Crippen LogP contribution in [0.2, 0.25) is 0 Å². The van der Waals surface area contributed by atoms with Crippen LogP contribution in [0.5, 0.6) is 0 Å². The molecule has 0 aromatic carbocycles. The zero-order chi connectivity index (χ0) is 32.8. The van der Waals surface area contributed by atoms with E-state index in [4.69, 9.17) is 14.7 Å². The van der Waals surface area contributed by atoms with Crippen LogP contribution in [0.1, 0.15) is 104 Å². The highest BCUT2D eigenvalue weighted by molar-refractivity contribution is 5.43. The SMILES string of the molecule is C=C(CC1CC(C)(C)CC(C)(CN=C=O)C1)Nc1cc(=O)c(CCOC(=C)CC2CC(C)(C)CC(C)(COC#N)C2)c(C)[nH]1. The lowest BCUT2D eigenvalue weighted by Gasteiger charge is -2.46. The van der Waals surface area contributed by atoms with Crippen LogP contribution in [0.4, 0.5) is 5.82 Å². The number of isocyanates is 1. The molecule has 0 saturated heterocycles. The third-order valence-electron chi connectivity index (χ3n) is 9.44. The van der Waals surface area contributed by atoms with Crippen LogP contribution in [0.15, 0.2) is 40.5 Å². The number of nitriles is 1. The molecular weight excluding hydrogens is 552 g/mol. The fourth-order valence-corrected chi connectivity index (χ4v) is 9.01. The number of anilines is 1. The molecule has 8 heteroatoms. The summed E-state index contributed by atoms with van der Waals surface area (Å²) in [6, 6.07) is 1.60. The van der Waals surface area contributed by atoms with E-state index >= 15 is 0 Å². The van der Waals surface area contributed by atoms with E-state index in [1.54, 1.807) is 12.1 Å². The Labute approximate surface area is 264 Å². The van der Waals surface area contributed by atoms with Crippen molar-refractivity contribution in [2.75, 3.05) is 25.1 Å². The molecule has 4 unspecified atom stereocenters. The molecule has 3 rings (SSSR count). The van der Waals surface area contributed by atoms with Gasteiger partial charge >= 0.3 is 0 Å². The van der Waals surface area contributed by atoms with Gasteiger partial charge < -0.3 is 19.8 Å². The first-order chi connectivity index (χ1) is 20.5. The maximum Gasteiger partial charge on any atom is 0.286 e. The second-order valence-corrected chi connectivity index (χ2v) is 16.1. The fraction of sp³-hybridized carbons (Fsp3) is 0.694. The summed E-state index contributed by atoms with van der Waals surface area (Å²) >= 11 is 0. The summed E-state index contributed by atoms with van der Waals surface area (Å²) in [6.07, 6.45) is 11.7. The minimum Gasteiger partial charge on any atom is -0.498 e. The predicted molar refractivity (Wildman–Crippen MR) is 176 cm³/mol. The van der Waals surface area contributed by atoms with Crippen LogP contribution >= 0.6 is 0 Å². The summed E-state index contributed by atoms with van der Waals surface area (Å²) < 4.78 is 11.2. The van der Waals surface area contributed by atoms with Crippen LogP contribution in [-0.4, -0.2) is 30.8 Å². The Bertz CT molecular complexity index is 1350. The topological polar surface area (TPSA) is 117 Å². The highest BCUT2D eigenvalue weighted by Crippen LogP contribution is 2.51. The van der Waals surface area contributed by atoms with Gasteiger partial charge in [-0.2, -0.15) is 5.26 Å². The van der Waals surface area contributed by atoms with Gasteiger partial charge in [0.2, 0.25) is 6.08 Å². The number of hydrogen-bond donors (Lipinski definition) is 2. The van der Waals surface area contributed by atoms with E-state index in [0.29, 0.717) is 49.4 Å². The third kappa shape index (κ3) is 10.4. The minimum absolute atomic E-state index is 0.0360. The zero-order valence-electron chi connectivity index (χ0n) is 28.2. The van der Waals surface area contributed by atoms with Crippen molar-refractivity contribution in [3.8, 4) is 6.26 Å². The number of hydrogen-bond acceptors (Lipinski definition) is 7. The van der Waals surface area contributed by atoms with Crippen LogP contribution in [0, 0.1) is 51.9 Å². The molecule has 0 amide bonds. The molecule has 2 saturated carbocycles. The van der Waals surface area contributed by atoms with E-state index in [1.165, 1.54) is 0 Å². The van der Waals surface area contributed by atoms with Gasteiger partial charge in [-0.1, -0.05) is 54.7 Å². The normalized spacial score (nSPS) is 27.3. The number of aryl methyl sites for hydroxylation is 1. The molecule has 2 N–H and O–H groups in total. The van der Waals surface area contributed by atoms with Crippen LogP contribution < -0.4 is 10.7 Å². The number of nitrogens with one attached hydrogen (secondary N) is 2. The Balaban J connectivity index is 1.53. The second-order valence-electron chi connectivity index (χ2n) is 16.1. The number of H-pyrrole nitrogens is 1. The van der Waals surface area contributed by atoms with E-state index < -0.39 is 0 Å². The van der Waals surface area contributed by atoms with E-state index in [9.17, 15) is 9.59 Å². The summed E-state index contributed by atoms with van der Waals surface area (Å²) in [7, 11) is 0. The zero-order valence-corrected chi connectivity index (χ0v) is 28.2. The molecule has 8 nitrogen and oxygen atoms in total. The van der Waals surface area contributed by atoms with Crippen molar-refractivity contribution in [3.05, 3.63) is 52.2 Å². The van der Waals surface area contributed by atoms with Gasteiger partial charge in [-0.15, -0.1) is 0 Å². The average Bonchev–Trinajstić information content (AvgIpc) is 2.85. The Morgan fingerprint density at radius 3 is 2.27 bits per heavy atom. The average molecular weight is 607 g/mol. The molecule has 0 aliphatic heterocycles. The van der Waals surface area contributed by atoms with Gasteiger partial charge in [0.25, 0.3) is 6.26 Å². The number of aromatic nitrogens is 1. The molecule has 0 bridgehead atoms. The molecule has 2 fully saturated rings. The lowest BCUT2D eigenvalue weighted by molar-refractivity contribution is 0.00406. The maximum absolute atomic E-state index is 13.1. The second kappa shape index (κ2) is 14.2. The van der Waals surface area contributed by atoms with Crippen molar-refractivity contribution in [1.82, 2.24) is 4.98 Å². The number of allylic oxidation sites excluding steroid dienone is 2. The smallest absolute Gasteiger partial charge is 0.286 e. The number of nitrogens with zero attached hydrogens (tertiary/aromatic N) is 2. The molecule has 44 heavy (non-hydrogen) atoms. The third-order valence-corrected chi connectivity index (χ3v) is 9.44. The van der Waals surface area contributed by atoms with Crippen molar-refractivity contribution in [2.45, 2.75) is 106 Å². The summed E-state index contributed by atoms with van der Waals surface area (Å²) in [5.74, 6) is 2.18. The molecule has 242 valence electrons. The molecule has 2 aliphatic rings. The fourth-order valence-electron chi connectivity index (χ4n) is 9.01. The van der Waals surface area contributed by atoms with Gasteiger partial charge in [-0.05, 0) is 80.0 Å². The van der Waals surface area contributed by atoms with Crippen molar-refractivity contribution < 1.29 is 14.3 Å². The Kier molecular flexibility index (Phi) is 11.4. The van der Waals surface area contributed by atoms with Gasteiger partial charge in [0.05, 0.1) is 18.9 Å². The van der Waals surface area contributed by atoms with E-state index in [1.807, 2.05) is 13.2 Å². The Morgan fingerprint density at radius 1 is 1.05 bits per heavy atom. The number of pyridine rings is 1. The number of aromatic amines is 1. The number of carbonyl (C=O) groups excluding carboxylic acids is 1. The Hall–Kier alpha value is -3.30. The standard InChI is InChI=1S/C36H54N4O4/c1-25(12-28-15-33(4,5)19-35(8,17-28)21-38-24-41)39-32-14-31(42)30(27(3)40-32)10-11-44-26(2)13-29-16-34(6,7)20-36(9,18-29)22-43-23-37/h14,28-29H,1-2,10-13,15-22H2,3-9H3,(H2,39,40,42). The van der Waals surface area contributed by atoms with Gasteiger partial charge in [0.15, 0.2) is 5.43 Å². The van der Waals surface area contributed by atoms with E-state index in [-0.39, 0.29) is 27.1 Å². The molecule has 1 aromatic rings. The summed E-state index contributed by atoms with van der Waals surface area (Å²) in [5.41, 5.74) is 2.55. The molecule has 2 aliphatic carbocycles. The quantitative estimate of drug-likeness (QED) is 0.0960. The lowest BCUT2D eigenvalue weighted by Crippen LogP contribution is -2.38. The van der Waals surface area contributed by atoms with Crippen LogP contribution in [0.3, 0.4) is 0 Å². The first kappa shape index (κ1) is 35.2. The van der Waals surface area contributed by atoms with Gasteiger partial charge in [-0.25, -0.2) is 9.79 Å². The summed E-state index contributed by atoms with van der Waals surface area (Å²) in [6.45, 7) is 25.2. The first-order valence-corrected chi connectivity index (χ1v) is 16.0. The van der Waals surface area contributed by atoms with Gasteiger partial charge in [-0.3, -0.25) is 4.79 Å². The minimum atomic E-state index is -0.0480. The number of aliphatic imine (C=N–C) groups is 1. The van der Waals surface area contributed by atoms with Crippen LogP contribution in [0.25, 0.3) is 0 Å². The predicted octanol–water partition coefficient (Wildman–Crippen LogP) is 7.96. The van der Waals surface area contributed by atoms with E-state index in [0.717, 1.165) is 68.5 Å². The molecule has 0 radical (unpaired) electrons. The first-order valence-electron chi connectivity index (χ1n) is 16.0. The number of rotatable bonds is 14. The summed E-state index contributed by atoms with van der Waals surface area (Å²) in [4.78, 5) is 31.1. The van der Waals surface area contributed by atoms with Crippen molar-refractivity contribution in [2.24, 2.45) is 38.5 Å². The number of ether oxygens (including phenoxy) is 2. The molecule has 4 atom stereocenters. The highest BCUT2D eigenvalue weighted by Gasteiger charge is 2.42. The molecule has 1 heterocycles. The van der Waals surface area contributed by atoms with Crippen molar-refractivity contribution in [3.63, 3.8) is 0 Å². The molecule has 0 spiro atoms. The van der Waals surface area contributed by atoms with Crippen molar-refractivity contribution in [1.29, 1.82) is 5.26 Å². The lowest BCUT2D eigenvalue weighted by atomic mass is 9.60. The van der Waals surface area contributed by atoms with Crippen molar-refractivity contribution >= 4 is 11.9 Å². The monoisotopic (exact) mass is 606 g/mol. The van der Waals surface area contributed by atoms with Crippen LogP contribution in [-0.2, 0) is 20.7 Å². The highest BCUT2D eigenvalue weighted by atomic mass is 16.5. The Morgan fingerprint density at radius 2 is 1.66 bits per heavy atom. The maximum atomic E-state index is 13.1. The summed E-state index contributed by atoms with van der Waals surface area (Å²) in [5, 5.41) is 12.2. The van der Waals surface area contributed by atoms with Gasteiger partial charge in [0, 0.05) is 41.3 Å². The molecule has 1 aromatic heterocycles.